The van der Waals surface area contributed by atoms with Crippen molar-refractivity contribution in [2.24, 2.45) is 0 Å². The van der Waals surface area contributed by atoms with Gasteiger partial charge in [-0.3, -0.25) is 0 Å². The molecule has 1 aromatic heterocycles. The molecule has 2 aromatic carbocycles. The second-order valence-electron chi connectivity index (χ2n) is 5.66. The summed E-state index contributed by atoms with van der Waals surface area (Å²) in [5.41, 5.74) is 2.46. The van der Waals surface area contributed by atoms with Crippen LogP contribution in [0.25, 0.3) is 0 Å². The Labute approximate surface area is 152 Å². The summed E-state index contributed by atoms with van der Waals surface area (Å²) in [4.78, 5) is 4.43. The smallest absolute Gasteiger partial charge is 0.244 e. The molecule has 0 atom stereocenters. The highest BCUT2D eigenvalue weighted by atomic mass is 35.5. The summed E-state index contributed by atoms with van der Waals surface area (Å²) in [5, 5.41) is 15.2. The quantitative estimate of drug-likeness (QED) is 0.595. The molecule has 0 saturated heterocycles. The maximum Gasteiger partial charge on any atom is 0.244 e. The molecule has 6 heteroatoms. The Morgan fingerprint density at radius 3 is 2.48 bits per heavy atom. The summed E-state index contributed by atoms with van der Waals surface area (Å²) in [6.07, 6.45) is 3.65. The summed E-state index contributed by atoms with van der Waals surface area (Å²) >= 11 is 5.89. The van der Waals surface area contributed by atoms with Crippen molar-refractivity contribution in [3.63, 3.8) is 0 Å². The van der Waals surface area contributed by atoms with E-state index in [0.29, 0.717) is 18.3 Å². The van der Waals surface area contributed by atoms with E-state index in [1.54, 1.807) is 6.20 Å². The Balaban J connectivity index is 1.45. The first kappa shape index (κ1) is 17.2. The zero-order chi connectivity index (χ0) is 17.3. The van der Waals surface area contributed by atoms with E-state index < -0.39 is 0 Å². The predicted octanol–water partition coefficient (Wildman–Crippen LogP) is 4.18. The van der Waals surface area contributed by atoms with E-state index in [-0.39, 0.29) is 0 Å². The number of hydrogen-bond donors (Lipinski definition) is 2. The van der Waals surface area contributed by atoms with Gasteiger partial charge in [0.2, 0.25) is 5.95 Å². The molecule has 0 aliphatic carbocycles. The van der Waals surface area contributed by atoms with Crippen molar-refractivity contribution in [3.05, 3.63) is 76.9 Å². The van der Waals surface area contributed by atoms with Gasteiger partial charge in [0.05, 0.1) is 6.20 Å². The van der Waals surface area contributed by atoms with Crippen LogP contribution < -0.4 is 10.6 Å². The van der Waals surface area contributed by atoms with E-state index in [1.165, 1.54) is 5.56 Å². The van der Waals surface area contributed by atoms with Crippen LogP contribution in [0.2, 0.25) is 5.02 Å². The number of nitrogens with one attached hydrogen (secondary N) is 2. The van der Waals surface area contributed by atoms with Gasteiger partial charge >= 0.3 is 0 Å². The summed E-state index contributed by atoms with van der Waals surface area (Å²) in [7, 11) is 0. The van der Waals surface area contributed by atoms with Crippen LogP contribution in [-0.4, -0.2) is 21.7 Å². The van der Waals surface area contributed by atoms with Gasteiger partial charge < -0.3 is 10.6 Å². The lowest BCUT2D eigenvalue weighted by molar-refractivity contribution is 0.842. The molecule has 3 rings (SSSR count). The largest absolute Gasteiger partial charge is 0.365 e. The molecular weight excluding hydrogens is 334 g/mol. The van der Waals surface area contributed by atoms with Gasteiger partial charge in [-0.25, -0.2) is 0 Å². The molecule has 0 fully saturated rings. The van der Waals surface area contributed by atoms with Gasteiger partial charge in [-0.2, -0.15) is 10.1 Å². The van der Waals surface area contributed by atoms with Crippen molar-refractivity contribution in [2.75, 3.05) is 17.2 Å². The van der Waals surface area contributed by atoms with E-state index >= 15 is 0 Å². The highest BCUT2D eigenvalue weighted by molar-refractivity contribution is 6.30. The molecule has 0 bridgehead atoms. The molecule has 0 saturated carbocycles. The van der Waals surface area contributed by atoms with Crippen molar-refractivity contribution in [2.45, 2.75) is 19.4 Å². The molecule has 0 radical (unpaired) electrons. The van der Waals surface area contributed by atoms with Crippen molar-refractivity contribution < 1.29 is 0 Å². The third-order valence-corrected chi connectivity index (χ3v) is 3.97. The normalized spacial score (nSPS) is 10.4. The van der Waals surface area contributed by atoms with Crippen LogP contribution in [0.15, 0.2) is 60.8 Å². The van der Waals surface area contributed by atoms with E-state index in [9.17, 15) is 0 Å². The third-order valence-electron chi connectivity index (χ3n) is 3.71. The number of rotatable bonds is 8. The minimum atomic E-state index is 0.536. The lowest BCUT2D eigenvalue weighted by atomic mass is 10.1. The van der Waals surface area contributed by atoms with Crippen molar-refractivity contribution >= 4 is 23.4 Å². The molecule has 1 heterocycles. The van der Waals surface area contributed by atoms with Crippen LogP contribution in [0.1, 0.15) is 17.5 Å². The number of benzene rings is 2. The molecule has 0 amide bonds. The first-order valence-corrected chi connectivity index (χ1v) is 8.63. The van der Waals surface area contributed by atoms with E-state index in [2.05, 4.69) is 50.1 Å². The van der Waals surface area contributed by atoms with Gasteiger partial charge in [0.1, 0.15) is 0 Å². The number of halogens is 1. The Kier molecular flexibility index (Phi) is 6.17. The Morgan fingerprint density at radius 2 is 1.68 bits per heavy atom. The Morgan fingerprint density at radius 1 is 0.880 bits per heavy atom. The third kappa shape index (κ3) is 5.72. The van der Waals surface area contributed by atoms with Gasteiger partial charge in [-0.05, 0) is 36.1 Å². The first-order valence-electron chi connectivity index (χ1n) is 8.25. The number of aryl methyl sites for hydroxylation is 1. The molecular formula is C19H20ClN5. The number of nitrogens with zero attached hydrogens (tertiary/aromatic N) is 3. The summed E-state index contributed by atoms with van der Waals surface area (Å²) < 4.78 is 0. The topological polar surface area (TPSA) is 62.7 Å². The number of anilines is 2. The van der Waals surface area contributed by atoms with E-state index in [1.807, 2.05) is 30.3 Å². The molecule has 128 valence electrons. The molecule has 3 aromatic rings. The maximum absolute atomic E-state index is 5.89. The second kappa shape index (κ2) is 8.99. The monoisotopic (exact) mass is 353 g/mol. The first-order chi connectivity index (χ1) is 12.3. The van der Waals surface area contributed by atoms with Crippen molar-refractivity contribution in [3.8, 4) is 0 Å². The van der Waals surface area contributed by atoms with Gasteiger partial charge in [-0.15, -0.1) is 5.10 Å². The highest BCUT2D eigenvalue weighted by Gasteiger charge is 2.01. The van der Waals surface area contributed by atoms with Gasteiger partial charge in [-0.1, -0.05) is 54.1 Å². The highest BCUT2D eigenvalue weighted by Crippen LogP contribution is 2.11. The Hall–Kier alpha value is -2.66. The SMILES string of the molecule is Clc1ccc(CNc2cnnc(NCCCc3ccccc3)n2)cc1. The zero-order valence-electron chi connectivity index (χ0n) is 13.8. The molecule has 0 spiro atoms. The Bertz CT molecular complexity index is 777. The summed E-state index contributed by atoms with van der Waals surface area (Å²) in [6, 6.07) is 18.1. The van der Waals surface area contributed by atoms with Gasteiger partial charge in [0.15, 0.2) is 5.82 Å². The standard InChI is InChI=1S/C19H20ClN5/c20-17-10-8-16(9-11-17)13-22-18-14-23-25-19(24-18)21-12-4-7-15-5-2-1-3-6-15/h1-3,5-6,8-11,14H,4,7,12-13H2,(H2,21,22,24,25). The average Bonchev–Trinajstić information content (AvgIpc) is 2.66. The average molecular weight is 354 g/mol. The minimum Gasteiger partial charge on any atom is -0.365 e. The maximum atomic E-state index is 5.89. The molecule has 0 aliphatic rings. The zero-order valence-corrected chi connectivity index (χ0v) is 14.6. The van der Waals surface area contributed by atoms with Crippen LogP contribution in [0.3, 0.4) is 0 Å². The molecule has 5 nitrogen and oxygen atoms in total. The summed E-state index contributed by atoms with van der Waals surface area (Å²) in [6.45, 7) is 1.46. The van der Waals surface area contributed by atoms with Crippen molar-refractivity contribution in [1.29, 1.82) is 0 Å². The fraction of sp³-hybridized carbons (Fsp3) is 0.211. The predicted molar refractivity (Wildman–Crippen MR) is 102 cm³/mol. The summed E-state index contributed by atoms with van der Waals surface area (Å²) in [5.74, 6) is 1.23. The molecule has 0 aliphatic heterocycles. The van der Waals surface area contributed by atoms with Crippen molar-refractivity contribution in [1.82, 2.24) is 15.2 Å². The minimum absolute atomic E-state index is 0.536. The molecule has 25 heavy (non-hydrogen) atoms. The van der Waals surface area contributed by atoms with E-state index in [0.717, 1.165) is 30.0 Å². The fourth-order valence-electron chi connectivity index (χ4n) is 2.40. The lowest BCUT2D eigenvalue weighted by Gasteiger charge is -2.08. The molecule has 0 unspecified atom stereocenters. The van der Waals surface area contributed by atoms with Crippen LogP contribution in [0.5, 0.6) is 0 Å². The van der Waals surface area contributed by atoms with E-state index in [4.69, 9.17) is 11.6 Å². The van der Waals surface area contributed by atoms with Gasteiger partial charge in [0.25, 0.3) is 0 Å². The number of hydrogen-bond acceptors (Lipinski definition) is 5. The van der Waals surface area contributed by atoms with Crippen LogP contribution in [-0.2, 0) is 13.0 Å². The molecule has 2 N–H and O–H groups in total. The van der Waals surface area contributed by atoms with Gasteiger partial charge in [0, 0.05) is 18.1 Å². The van der Waals surface area contributed by atoms with Crippen LogP contribution >= 0.6 is 11.6 Å². The van der Waals surface area contributed by atoms with Crippen LogP contribution in [0.4, 0.5) is 11.8 Å². The number of aromatic nitrogens is 3. The fourth-order valence-corrected chi connectivity index (χ4v) is 2.52. The van der Waals surface area contributed by atoms with Crippen LogP contribution in [0, 0.1) is 0 Å². The lowest BCUT2D eigenvalue weighted by Crippen LogP contribution is -2.09. The second-order valence-corrected chi connectivity index (χ2v) is 6.10.